The lowest BCUT2D eigenvalue weighted by Crippen LogP contribution is -2.44. The van der Waals surface area contributed by atoms with Gasteiger partial charge in [0.1, 0.15) is 4.87 Å². The number of carbonyl (C=O) groups is 1. The molecule has 2 aliphatic rings. The van der Waals surface area contributed by atoms with Crippen LogP contribution >= 0.6 is 11.8 Å². The van der Waals surface area contributed by atoms with E-state index in [9.17, 15) is 9.59 Å². The van der Waals surface area contributed by atoms with Gasteiger partial charge in [0.2, 0.25) is 5.56 Å². The predicted molar refractivity (Wildman–Crippen MR) is 85.1 cm³/mol. The number of nitrogens with one attached hydrogen (secondary N) is 1. The first-order valence-electron chi connectivity index (χ1n) is 7.14. The predicted octanol–water partition coefficient (Wildman–Crippen LogP) is 1.90. The SMILES string of the molecule is CC1(C)C=NC2(CCN(C(=O)c3ccc(=O)[nH]c3)CC2)S1. The van der Waals surface area contributed by atoms with Gasteiger partial charge in [0.25, 0.3) is 5.91 Å². The molecule has 0 atom stereocenters. The number of hydrogen-bond acceptors (Lipinski definition) is 4. The van der Waals surface area contributed by atoms with Gasteiger partial charge in [-0.1, -0.05) is 0 Å². The molecule has 1 spiro atoms. The van der Waals surface area contributed by atoms with Crippen LogP contribution in [-0.4, -0.2) is 44.7 Å². The zero-order valence-corrected chi connectivity index (χ0v) is 13.1. The molecule has 5 nitrogen and oxygen atoms in total. The fraction of sp³-hybridized carbons (Fsp3) is 0.533. The Hall–Kier alpha value is -1.56. The van der Waals surface area contributed by atoms with Gasteiger partial charge in [0.05, 0.1) is 5.56 Å². The summed E-state index contributed by atoms with van der Waals surface area (Å²) in [4.78, 5) is 32.5. The van der Waals surface area contributed by atoms with E-state index < -0.39 is 0 Å². The molecule has 112 valence electrons. The molecule has 6 heteroatoms. The molecule has 2 aliphatic heterocycles. The summed E-state index contributed by atoms with van der Waals surface area (Å²) in [6.45, 7) is 5.76. The first-order chi connectivity index (χ1) is 9.89. The highest BCUT2D eigenvalue weighted by molar-refractivity contribution is 8.03. The number of nitrogens with zero attached hydrogens (tertiary/aromatic N) is 2. The molecule has 0 radical (unpaired) electrons. The number of amides is 1. The molecule has 0 bridgehead atoms. The van der Waals surface area contributed by atoms with Gasteiger partial charge in [-0.25, -0.2) is 0 Å². The van der Waals surface area contributed by atoms with E-state index in [0.717, 1.165) is 12.8 Å². The molecule has 3 heterocycles. The van der Waals surface area contributed by atoms with Crippen molar-refractivity contribution in [3.63, 3.8) is 0 Å². The molecule has 1 saturated heterocycles. The first kappa shape index (κ1) is 14.4. The van der Waals surface area contributed by atoms with Crippen molar-refractivity contribution in [1.82, 2.24) is 9.88 Å². The molecule has 0 aliphatic carbocycles. The Labute approximate surface area is 127 Å². The van der Waals surface area contributed by atoms with E-state index in [4.69, 9.17) is 4.99 Å². The molecule has 3 rings (SSSR count). The van der Waals surface area contributed by atoms with Crippen molar-refractivity contribution in [2.24, 2.45) is 4.99 Å². The van der Waals surface area contributed by atoms with Crippen molar-refractivity contribution in [3.05, 3.63) is 34.2 Å². The normalized spacial score (nSPS) is 22.7. The van der Waals surface area contributed by atoms with Gasteiger partial charge in [-0.05, 0) is 32.8 Å². The second-order valence-electron chi connectivity index (χ2n) is 6.14. The summed E-state index contributed by atoms with van der Waals surface area (Å²) in [7, 11) is 0. The fourth-order valence-corrected chi connectivity index (χ4v) is 4.41. The van der Waals surface area contributed by atoms with Crippen LogP contribution in [0.1, 0.15) is 37.0 Å². The molecule has 0 saturated carbocycles. The lowest BCUT2D eigenvalue weighted by Gasteiger charge is -2.38. The zero-order valence-electron chi connectivity index (χ0n) is 12.3. The minimum atomic E-state index is -0.192. The second-order valence-corrected chi connectivity index (χ2v) is 8.16. The molecule has 0 unspecified atom stereocenters. The Morgan fingerprint density at radius 2 is 2.05 bits per heavy atom. The van der Waals surface area contributed by atoms with Gasteiger partial charge in [0.15, 0.2) is 0 Å². The summed E-state index contributed by atoms with van der Waals surface area (Å²) >= 11 is 1.89. The number of thioether (sulfide) groups is 1. The quantitative estimate of drug-likeness (QED) is 0.862. The number of rotatable bonds is 1. The highest BCUT2D eigenvalue weighted by Gasteiger charge is 2.43. The van der Waals surface area contributed by atoms with Crippen LogP contribution in [0.25, 0.3) is 0 Å². The molecule has 1 N–H and O–H groups in total. The Bertz CT molecular complexity index is 622. The Morgan fingerprint density at radius 3 is 2.57 bits per heavy atom. The van der Waals surface area contributed by atoms with Crippen LogP contribution in [0.15, 0.2) is 28.1 Å². The van der Waals surface area contributed by atoms with Crippen LogP contribution in [0.3, 0.4) is 0 Å². The molecule has 1 aromatic rings. The third-order valence-electron chi connectivity index (χ3n) is 3.93. The third-order valence-corrected chi connectivity index (χ3v) is 5.45. The summed E-state index contributed by atoms with van der Waals surface area (Å²) in [5, 5.41) is 0. The van der Waals surface area contributed by atoms with Gasteiger partial charge in [-0.2, -0.15) is 0 Å². The van der Waals surface area contributed by atoms with E-state index in [1.165, 1.54) is 12.3 Å². The number of carbonyl (C=O) groups excluding carboxylic acids is 1. The largest absolute Gasteiger partial charge is 0.338 e. The van der Waals surface area contributed by atoms with E-state index in [-0.39, 0.29) is 21.1 Å². The summed E-state index contributed by atoms with van der Waals surface area (Å²) in [6.07, 6.45) is 5.29. The number of pyridine rings is 1. The highest BCUT2D eigenvalue weighted by Crippen LogP contribution is 2.48. The Kier molecular flexibility index (Phi) is 3.43. The second kappa shape index (κ2) is 5.02. The van der Waals surface area contributed by atoms with Crippen molar-refractivity contribution in [2.75, 3.05) is 13.1 Å². The van der Waals surface area contributed by atoms with Gasteiger partial charge >= 0.3 is 0 Å². The standard InChI is InChI=1S/C15H19N3O2S/c1-14(2)10-17-15(21-14)5-7-18(8-6-15)13(20)11-3-4-12(19)16-9-11/h3-4,9-10H,5-8H2,1-2H3,(H,16,19). The average molecular weight is 305 g/mol. The smallest absolute Gasteiger partial charge is 0.255 e. The van der Waals surface area contributed by atoms with E-state index in [2.05, 4.69) is 18.8 Å². The van der Waals surface area contributed by atoms with Crippen LogP contribution in [0, 0.1) is 0 Å². The van der Waals surface area contributed by atoms with Gasteiger partial charge in [-0.15, -0.1) is 11.8 Å². The molecule has 0 aromatic carbocycles. The molecule has 21 heavy (non-hydrogen) atoms. The van der Waals surface area contributed by atoms with Gasteiger partial charge < -0.3 is 9.88 Å². The van der Waals surface area contributed by atoms with Crippen molar-refractivity contribution in [1.29, 1.82) is 0 Å². The summed E-state index contributed by atoms with van der Waals surface area (Å²) in [5.41, 5.74) is 0.344. The first-order valence-corrected chi connectivity index (χ1v) is 7.95. The highest BCUT2D eigenvalue weighted by atomic mass is 32.2. The van der Waals surface area contributed by atoms with Crippen LogP contribution < -0.4 is 5.56 Å². The zero-order chi connectivity index (χ0) is 15.1. The summed E-state index contributed by atoms with van der Waals surface area (Å²) in [6, 6.07) is 2.97. The summed E-state index contributed by atoms with van der Waals surface area (Å²) in [5.74, 6) is -0.0210. The fourth-order valence-electron chi connectivity index (χ4n) is 2.83. The van der Waals surface area contributed by atoms with E-state index in [1.807, 2.05) is 22.9 Å². The monoisotopic (exact) mass is 305 g/mol. The molecule has 1 aromatic heterocycles. The number of aromatic nitrogens is 1. The van der Waals surface area contributed by atoms with Crippen LogP contribution in [-0.2, 0) is 0 Å². The Balaban J connectivity index is 1.66. The lowest BCUT2D eigenvalue weighted by molar-refractivity contribution is 0.0707. The number of piperidine rings is 1. The number of likely N-dealkylation sites (tertiary alicyclic amines) is 1. The minimum absolute atomic E-state index is 0.0210. The molecule has 1 fully saturated rings. The van der Waals surface area contributed by atoms with Gasteiger partial charge in [-0.3, -0.25) is 14.6 Å². The third kappa shape index (κ3) is 2.90. The number of aliphatic imine (C=N–C) groups is 1. The van der Waals surface area contributed by atoms with Crippen molar-refractivity contribution in [3.8, 4) is 0 Å². The average Bonchev–Trinajstić information content (AvgIpc) is 2.75. The minimum Gasteiger partial charge on any atom is -0.338 e. The Morgan fingerprint density at radius 1 is 1.33 bits per heavy atom. The van der Waals surface area contributed by atoms with E-state index in [0.29, 0.717) is 18.7 Å². The number of H-pyrrole nitrogens is 1. The van der Waals surface area contributed by atoms with Crippen molar-refractivity contribution >= 4 is 23.9 Å². The maximum atomic E-state index is 12.4. The topological polar surface area (TPSA) is 65.5 Å². The molecule has 1 amide bonds. The van der Waals surface area contributed by atoms with Crippen LogP contribution in [0.2, 0.25) is 0 Å². The maximum Gasteiger partial charge on any atom is 0.255 e. The van der Waals surface area contributed by atoms with Gasteiger partial charge in [0, 0.05) is 36.3 Å². The molecular weight excluding hydrogens is 286 g/mol. The lowest BCUT2D eigenvalue weighted by atomic mass is 10.0. The summed E-state index contributed by atoms with van der Waals surface area (Å²) < 4.78 is 0.0884. The van der Waals surface area contributed by atoms with Crippen LogP contribution in [0.5, 0.6) is 0 Å². The number of hydrogen-bond donors (Lipinski definition) is 1. The maximum absolute atomic E-state index is 12.4. The van der Waals surface area contributed by atoms with Crippen molar-refractivity contribution < 1.29 is 4.79 Å². The van der Waals surface area contributed by atoms with E-state index in [1.54, 1.807) is 6.07 Å². The van der Waals surface area contributed by atoms with Crippen LogP contribution in [0.4, 0.5) is 0 Å². The van der Waals surface area contributed by atoms with Crippen molar-refractivity contribution in [2.45, 2.75) is 36.3 Å². The number of aromatic amines is 1. The van der Waals surface area contributed by atoms with E-state index >= 15 is 0 Å². The molecular formula is C15H19N3O2S.